The Labute approximate surface area is 91.5 Å². The zero-order valence-electron chi connectivity index (χ0n) is 7.51. The number of nitrogens with one attached hydrogen (secondary N) is 1. The summed E-state index contributed by atoms with van der Waals surface area (Å²) in [4.78, 5) is 4.17. The Bertz CT molecular complexity index is 359. The van der Waals surface area contributed by atoms with Crippen LogP contribution >= 0.6 is 23.3 Å². The third-order valence-electron chi connectivity index (χ3n) is 1.69. The first-order valence-corrected chi connectivity index (χ1v) is 5.98. The molecule has 0 aliphatic rings. The molecule has 0 fully saturated rings. The van der Waals surface area contributed by atoms with Crippen molar-refractivity contribution in [2.75, 3.05) is 0 Å². The van der Waals surface area contributed by atoms with Crippen molar-refractivity contribution in [3.63, 3.8) is 0 Å². The van der Waals surface area contributed by atoms with Crippen molar-refractivity contribution in [3.05, 3.63) is 47.5 Å². The lowest BCUT2D eigenvalue weighted by molar-refractivity contribution is 0.973. The molecule has 0 saturated carbocycles. The number of nitrogens with zero attached hydrogens (tertiary/aromatic N) is 1. The Morgan fingerprint density at radius 1 is 1.29 bits per heavy atom. The molecule has 0 bridgehead atoms. The SMILES string of the molecule is c1ccc(CNSc2nccs2)cc1. The van der Waals surface area contributed by atoms with Gasteiger partial charge in [0.2, 0.25) is 0 Å². The average Bonchev–Trinajstić information content (AvgIpc) is 2.72. The number of hydrogen-bond donors (Lipinski definition) is 1. The van der Waals surface area contributed by atoms with E-state index >= 15 is 0 Å². The van der Waals surface area contributed by atoms with Gasteiger partial charge in [0, 0.05) is 18.1 Å². The van der Waals surface area contributed by atoms with Gasteiger partial charge in [-0.3, -0.25) is 4.72 Å². The van der Waals surface area contributed by atoms with Crippen molar-refractivity contribution >= 4 is 23.3 Å². The van der Waals surface area contributed by atoms with Crippen LogP contribution in [0, 0.1) is 0 Å². The molecule has 0 saturated heterocycles. The second-order valence-corrected chi connectivity index (χ2v) is 4.74. The second kappa shape index (κ2) is 5.14. The first kappa shape index (κ1) is 9.71. The molecule has 2 aromatic rings. The lowest BCUT2D eigenvalue weighted by atomic mass is 10.2. The Hall–Kier alpha value is -0.840. The molecule has 1 N–H and O–H groups in total. The normalized spacial score (nSPS) is 10.3. The van der Waals surface area contributed by atoms with Gasteiger partial charge in [-0.25, -0.2) is 4.98 Å². The summed E-state index contributed by atoms with van der Waals surface area (Å²) < 4.78 is 4.33. The van der Waals surface area contributed by atoms with Crippen molar-refractivity contribution in [3.8, 4) is 0 Å². The maximum absolute atomic E-state index is 4.17. The summed E-state index contributed by atoms with van der Waals surface area (Å²) in [5.74, 6) is 0. The molecule has 72 valence electrons. The summed E-state index contributed by atoms with van der Waals surface area (Å²) >= 11 is 3.23. The number of hydrogen-bond acceptors (Lipinski definition) is 4. The molecule has 0 amide bonds. The first-order valence-electron chi connectivity index (χ1n) is 4.28. The largest absolute Gasteiger partial charge is 0.253 e. The molecule has 0 atom stereocenters. The van der Waals surface area contributed by atoms with Crippen molar-refractivity contribution < 1.29 is 0 Å². The van der Waals surface area contributed by atoms with Crippen molar-refractivity contribution in [1.29, 1.82) is 0 Å². The molecule has 0 spiro atoms. The van der Waals surface area contributed by atoms with Crippen LogP contribution in [0.5, 0.6) is 0 Å². The van der Waals surface area contributed by atoms with Crippen molar-refractivity contribution in [2.24, 2.45) is 0 Å². The monoisotopic (exact) mass is 222 g/mol. The zero-order valence-corrected chi connectivity index (χ0v) is 9.15. The summed E-state index contributed by atoms with van der Waals surface area (Å²) in [5, 5.41) is 1.98. The number of benzene rings is 1. The van der Waals surface area contributed by atoms with Gasteiger partial charge in [-0.15, -0.1) is 11.3 Å². The molecular formula is C10H10N2S2. The average molecular weight is 222 g/mol. The van der Waals surface area contributed by atoms with Gasteiger partial charge in [-0.1, -0.05) is 30.3 Å². The maximum Gasteiger partial charge on any atom is 0.164 e. The van der Waals surface area contributed by atoms with Gasteiger partial charge in [-0.05, 0) is 17.5 Å². The maximum atomic E-state index is 4.17. The van der Waals surface area contributed by atoms with Crippen LogP contribution < -0.4 is 4.72 Å². The van der Waals surface area contributed by atoms with Crippen molar-refractivity contribution in [1.82, 2.24) is 9.71 Å². The Morgan fingerprint density at radius 2 is 2.14 bits per heavy atom. The summed E-state index contributed by atoms with van der Waals surface area (Å²) in [6, 6.07) is 10.3. The molecule has 2 nitrogen and oxygen atoms in total. The van der Waals surface area contributed by atoms with E-state index in [-0.39, 0.29) is 0 Å². The number of thiazole rings is 1. The number of aromatic nitrogens is 1. The Morgan fingerprint density at radius 3 is 2.86 bits per heavy atom. The molecule has 0 aliphatic heterocycles. The van der Waals surface area contributed by atoms with Gasteiger partial charge in [-0.2, -0.15) is 0 Å². The van der Waals surface area contributed by atoms with E-state index in [1.165, 1.54) is 5.56 Å². The van der Waals surface area contributed by atoms with Crippen LogP contribution in [0.2, 0.25) is 0 Å². The highest BCUT2D eigenvalue weighted by molar-refractivity contribution is 7.99. The van der Waals surface area contributed by atoms with Crippen LogP contribution in [-0.2, 0) is 6.54 Å². The molecule has 2 rings (SSSR count). The highest BCUT2D eigenvalue weighted by Crippen LogP contribution is 2.17. The molecule has 1 heterocycles. The third-order valence-corrected chi connectivity index (χ3v) is 3.36. The minimum Gasteiger partial charge on any atom is -0.253 e. The standard InChI is InChI=1S/C10H10N2S2/c1-2-4-9(5-3-1)8-12-14-10-11-6-7-13-10/h1-7,12H,8H2. The van der Waals surface area contributed by atoms with Gasteiger partial charge in [0.25, 0.3) is 0 Å². The predicted octanol–water partition coefficient (Wildman–Crippen LogP) is 2.94. The van der Waals surface area contributed by atoms with E-state index in [1.54, 1.807) is 23.3 Å². The third kappa shape index (κ3) is 2.83. The van der Waals surface area contributed by atoms with Crippen LogP contribution in [0.25, 0.3) is 0 Å². The quantitative estimate of drug-likeness (QED) is 0.805. The summed E-state index contributed by atoms with van der Waals surface area (Å²) in [6.45, 7) is 0.866. The van der Waals surface area contributed by atoms with E-state index in [0.29, 0.717) is 0 Å². The topological polar surface area (TPSA) is 24.9 Å². The van der Waals surface area contributed by atoms with Gasteiger partial charge < -0.3 is 0 Å². The molecule has 1 aromatic carbocycles. The van der Waals surface area contributed by atoms with E-state index in [2.05, 4.69) is 21.8 Å². The fourth-order valence-electron chi connectivity index (χ4n) is 1.04. The fourth-order valence-corrected chi connectivity index (χ4v) is 2.41. The van der Waals surface area contributed by atoms with Gasteiger partial charge in [0.05, 0.1) is 0 Å². The lowest BCUT2D eigenvalue weighted by Crippen LogP contribution is -2.02. The van der Waals surface area contributed by atoms with Crippen LogP contribution in [0.4, 0.5) is 0 Å². The van der Waals surface area contributed by atoms with Crippen LogP contribution in [0.3, 0.4) is 0 Å². The van der Waals surface area contributed by atoms with E-state index < -0.39 is 0 Å². The fraction of sp³-hybridized carbons (Fsp3) is 0.100. The highest BCUT2D eigenvalue weighted by Gasteiger charge is 1.95. The van der Waals surface area contributed by atoms with E-state index in [1.807, 2.05) is 29.8 Å². The van der Waals surface area contributed by atoms with Crippen molar-refractivity contribution in [2.45, 2.75) is 10.9 Å². The molecular weight excluding hydrogens is 212 g/mol. The Kier molecular flexibility index (Phi) is 3.57. The van der Waals surface area contributed by atoms with E-state index in [4.69, 9.17) is 0 Å². The molecule has 0 unspecified atom stereocenters. The van der Waals surface area contributed by atoms with Crippen LogP contribution in [-0.4, -0.2) is 4.98 Å². The molecule has 14 heavy (non-hydrogen) atoms. The number of rotatable bonds is 4. The van der Waals surface area contributed by atoms with Gasteiger partial charge >= 0.3 is 0 Å². The molecule has 1 aromatic heterocycles. The summed E-state index contributed by atoms with van der Waals surface area (Å²) in [7, 11) is 0. The van der Waals surface area contributed by atoms with Gasteiger partial charge in [0.15, 0.2) is 4.34 Å². The van der Waals surface area contributed by atoms with E-state index in [9.17, 15) is 0 Å². The lowest BCUT2D eigenvalue weighted by Gasteiger charge is -2.00. The Balaban J connectivity index is 1.79. The first-order chi connectivity index (χ1) is 6.95. The molecule has 0 aliphatic carbocycles. The molecule has 0 radical (unpaired) electrons. The smallest absolute Gasteiger partial charge is 0.164 e. The summed E-state index contributed by atoms with van der Waals surface area (Å²) in [5.41, 5.74) is 1.29. The second-order valence-electron chi connectivity index (χ2n) is 2.71. The minimum absolute atomic E-state index is 0.866. The minimum atomic E-state index is 0.866. The van der Waals surface area contributed by atoms with Crippen LogP contribution in [0.15, 0.2) is 46.2 Å². The van der Waals surface area contributed by atoms with Crippen LogP contribution in [0.1, 0.15) is 5.56 Å². The zero-order chi connectivity index (χ0) is 9.64. The predicted molar refractivity (Wildman–Crippen MR) is 61.3 cm³/mol. The van der Waals surface area contributed by atoms with E-state index in [0.717, 1.165) is 10.9 Å². The summed E-state index contributed by atoms with van der Waals surface area (Å²) in [6.07, 6.45) is 1.82. The van der Waals surface area contributed by atoms with Gasteiger partial charge in [0.1, 0.15) is 0 Å². The molecule has 4 heteroatoms. The highest BCUT2D eigenvalue weighted by atomic mass is 32.2.